The summed E-state index contributed by atoms with van der Waals surface area (Å²) in [6.45, 7) is 3.33. The van der Waals surface area contributed by atoms with Crippen LogP contribution >= 0.6 is 0 Å². The molecule has 9 nitrogen and oxygen atoms in total. The van der Waals surface area contributed by atoms with Crippen LogP contribution in [0, 0.1) is 0 Å². The highest BCUT2D eigenvalue weighted by atomic mass is 16.7. The molecule has 394 valence electrons. The molecule has 0 aromatic carbocycles. The van der Waals surface area contributed by atoms with E-state index in [4.69, 9.17) is 9.47 Å². The number of rotatable bonds is 41. The molecule has 0 aromatic rings. The number of nitrogens with one attached hydrogen (secondary N) is 1. The first-order valence-corrected chi connectivity index (χ1v) is 26.5. The van der Waals surface area contributed by atoms with Crippen molar-refractivity contribution in [1.82, 2.24) is 5.32 Å². The quantitative estimate of drug-likeness (QED) is 0.0262. The Balaban J connectivity index is 2.21. The summed E-state index contributed by atoms with van der Waals surface area (Å²) in [5.41, 5.74) is 0. The van der Waals surface area contributed by atoms with Gasteiger partial charge in [-0.15, -0.1) is 0 Å². The van der Waals surface area contributed by atoms with Gasteiger partial charge in [-0.2, -0.15) is 0 Å². The standard InChI is InChI=1S/C62H93NO8/c1-3-5-7-9-11-13-14-15-16-17-18-19-20-21-22-23-24-25-26-27-28-29-30-31-32-33-34-35-36-37-38-39-40-41-42-44-46-48-50-52-58(66)63-55(56(65)51-49-47-45-43-12-10-8-6-4-2)54-70-62-61(69)60(68)59(67)57(53-64)71-62/h4-7,11-13,15-16,18-19,21-22,24-25,27-28,30-31,33-34,36-37,39-40,42-44,49,51,55-57,59-62,64-65,67-69H,3,8-10,14,17,20,23,26,29,32,35,38,41,45-48,50,52-54H2,1-2H3,(H,63,66)/b6-4+,7-5-,13-11-,16-15-,19-18-,22-21-,25-24-,28-27-,31-30-,34-33-,37-36-,40-39-,43-12+,44-42-,51-49+. The number of unbranched alkanes of at least 4 members (excludes halogenated alkanes) is 4. The van der Waals surface area contributed by atoms with E-state index in [1.54, 1.807) is 6.08 Å². The van der Waals surface area contributed by atoms with Gasteiger partial charge in [0.25, 0.3) is 0 Å². The molecule has 1 aliphatic rings. The van der Waals surface area contributed by atoms with Crippen molar-refractivity contribution in [2.45, 2.75) is 185 Å². The van der Waals surface area contributed by atoms with E-state index in [0.717, 1.165) is 109 Å². The average molecular weight is 980 g/mol. The van der Waals surface area contributed by atoms with Crippen LogP contribution in [0.25, 0.3) is 0 Å². The molecule has 0 bridgehead atoms. The summed E-state index contributed by atoms with van der Waals surface area (Å²) in [7, 11) is 0. The molecule has 1 rings (SSSR count). The molecule has 71 heavy (non-hydrogen) atoms. The van der Waals surface area contributed by atoms with Gasteiger partial charge in [-0.3, -0.25) is 4.79 Å². The van der Waals surface area contributed by atoms with E-state index in [1.807, 2.05) is 19.1 Å². The summed E-state index contributed by atoms with van der Waals surface area (Å²) in [6, 6.07) is -0.863. The van der Waals surface area contributed by atoms with Crippen molar-refractivity contribution in [3.8, 4) is 0 Å². The van der Waals surface area contributed by atoms with E-state index in [-0.39, 0.29) is 18.9 Å². The number of amides is 1. The molecule has 1 amide bonds. The third-order valence-corrected chi connectivity index (χ3v) is 11.0. The van der Waals surface area contributed by atoms with Crippen LogP contribution in [0.15, 0.2) is 182 Å². The van der Waals surface area contributed by atoms with Crippen molar-refractivity contribution in [3.05, 3.63) is 182 Å². The molecule has 1 fully saturated rings. The Morgan fingerprint density at radius 2 is 0.887 bits per heavy atom. The molecule has 6 N–H and O–H groups in total. The van der Waals surface area contributed by atoms with E-state index >= 15 is 0 Å². The lowest BCUT2D eigenvalue weighted by Gasteiger charge is -2.40. The lowest BCUT2D eigenvalue weighted by Crippen LogP contribution is -2.60. The molecule has 1 saturated heterocycles. The summed E-state index contributed by atoms with van der Waals surface area (Å²) in [5, 5.41) is 54.0. The van der Waals surface area contributed by atoms with Gasteiger partial charge >= 0.3 is 0 Å². The molecular weight excluding hydrogens is 887 g/mol. The lowest BCUT2D eigenvalue weighted by molar-refractivity contribution is -0.302. The monoisotopic (exact) mass is 980 g/mol. The molecule has 7 atom stereocenters. The molecule has 0 radical (unpaired) electrons. The summed E-state index contributed by atoms with van der Waals surface area (Å²) in [4.78, 5) is 12.9. The Morgan fingerprint density at radius 1 is 0.507 bits per heavy atom. The number of hydrogen-bond acceptors (Lipinski definition) is 8. The van der Waals surface area contributed by atoms with Crippen LogP contribution in [0.1, 0.15) is 142 Å². The largest absolute Gasteiger partial charge is 0.394 e. The second kappa shape index (κ2) is 48.9. The topological polar surface area (TPSA) is 149 Å². The van der Waals surface area contributed by atoms with E-state index in [9.17, 15) is 30.3 Å². The predicted octanol–water partition coefficient (Wildman–Crippen LogP) is 12.8. The molecule has 0 aromatic heterocycles. The second-order valence-electron chi connectivity index (χ2n) is 17.2. The fourth-order valence-electron chi connectivity index (χ4n) is 6.88. The minimum atomic E-state index is -1.59. The number of carbonyl (C=O) groups excluding carboxylic acids is 1. The highest BCUT2D eigenvalue weighted by Gasteiger charge is 2.44. The van der Waals surface area contributed by atoms with Crippen LogP contribution in [0.2, 0.25) is 0 Å². The summed E-state index contributed by atoms with van der Waals surface area (Å²) < 4.78 is 11.1. The zero-order valence-electron chi connectivity index (χ0n) is 43.4. The van der Waals surface area contributed by atoms with Crippen LogP contribution in [0.5, 0.6) is 0 Å². The van der Waals surface area contributed by atoms with Crippen molar-refractivity contribution in [3.63, 3.8) is 0 Å². The Morgan fingerprint density at radius 3 is 1.30 bits per heavy atom. The van der Waals surface area contributed by atoms with Gasteiger partial charge in [0.2, 0.25) is 5.91 Å². The highest BCUT2D eigenvalue weighted by Crippen LogP contribution is 2.22. The molecule has 1 heterocycles. The first-order chi connectivity index (χ1) is 34.8. The van der Waals surface area contributed by atoms with Crippen molar-refractivity contribution in [1.29, 1.82) is 0 Å². The zero-order chi connectivity index (χ0) is 51.5. The summed E-state index contributed by atoms with van der Waals surface area (Å²) >= 11 is 0. The molecule has 0 spiro atoms. The molecule has 0 saturated carbocycles. The molecule has 1 aliphatic heterocycles. The van der Waals surface area contributed by atoms with E-state index in [2.05, 4.69) is 176 Å². The third-order valence-electron chi connectivity index (χ3n) is 11.0. The number of aliphatic hydroxyl groups excluding tert-OH is 5. The second-order valence-corrected chi connectivity index (χ2v) is 17.2. The fraction of sp³-hybridized carbons (Fsp3) is 0.500. The maximum atomic E-state index is 12.9. The number of aliphatic hydroxyl groups is 5. The number of hydrogen-bond donors (Lipinski definition) is 6. The maximum Gasteiger partial charge on any atom is 0.220 e. The zero-order valence-corrected chi connectivity index (χ0v) is 43.4. The minimum Gasteiger partial charge on any atom is -0.394 e. The third kappa shape index (κ3) is 38.6. The van der Waals surface area contributed by atoms with Crippen LogP contribution in [0.3, 0.4) is 0 Å². The highest BCUT2D eigenvalue weighted by molar-refractivity contribution is 5.76. The van der Waals surface area contributed by atoms with Gasteiger partial charge in [0.15, 0.2) is 6.29 Å². The Labute approximate surface area is 430 Å². The van der Waals surface area contributed by atoms with Gasteiger partial charge in [0.05, 0.1) is 25.4 Å². The molecule has 9 heteroatoms. The first kappa shape index (κ1) is 64.3. The van der Waals surface area contributed by atoms with Crippen molar-refractivity contribution in [2.75, 3.05) is 13.2 Å². The van der Waals surface area contributed by atoms with Crippen molar-refractivity contribution >= 4 is 5.91 Å². The predicted molar refractivity (Wildman–Crippen MR) is 298 cm³/mol. The van der Waals surface area contributed by atoms with Crippen LogP contribution in [0.4, 0.5) is 0 Å². The lowest BCUT2D eigenvalue weighted by atomic mass is 9.99. The molecule has 7 unspecified atom stereocenters. The average Bonchev–Trinajstić information content (AvgIpc) is 3.37. The van der Waals surface area contributed by atoms with Crippen LogP contribution in [-0.4, -0.2) is 87.5 Å². The van der Waals surface area contributed by atoms with Gasteiger partial charge < -0.3 is 40.3 Å². The van der Waals surface area contributed by atoms with Crippen molar-refractivity contribution in [2.24, 2.45) is 0 Å². The van der Waals surface area contributed by atoms with Crippen LogP contribution in [-0.2, 0) is 14.3 Å². The van der Waals surface area contributed by atoms with E-state index < -0.39 is 49.5 Å². The number of allylic oxidation sites excluding steroid dienone is 29. The SMILES string of the molecule is C/C=C/CC/C=C/CC/C=C/C(O)C(COC1OC(CO)C(O)C(O)C1O)NC(=O)CCCC/C=C\C/C=C\C/C=C\C/C=C\C/C=C\C/C=C\C/C=C\C/C=C\C/C=C\C/C=C\C/C=C\C/C=C\CC. The van der Waals surface area contributed by atoms with Gasteiger partial charge in [0, 0.05) is 6.42 Å². The summed E-state index contributed by atoms with van der Waals surface area (Å²) in [6.07, 6.45) is 74.2. The van der Waals surface area contributed by atoms with Crippen LogP contribution < -0.4 is 5.32 Å². The molecule has 0 aliphatic carbocycles. The Bertz CT molecular complexity index is 1750. The molecular formula is C62H93NO8. The maximum absolute atomic E-state index is 12.9. The smallest absolute Gasteiger partial charge is 0.220 e. The first-order valence-electron chi connectivity index (χ1n) is 26.5. The van der Waals surface area contributed by atoms with E-state index in [1.165, 1.54) is 0 Å². The van der Waals surface area contributed by atoms with Crippen molar-refractivity contribution < 1.29 is 39.8 Å². The van der Waals surface area contributed by atoms with E-state index in [0.29, 0.717) is 12.8 Å². The van der Waals surface area contributed by atoms with Gasteiger partial charge in [-0.25, -0.2) is 0 Å². The minimum absolute atomic E-state index is 0.238. The summed E-state index contributed by atoms with van der Waals surface area (Å²) in [5.74, 6) is -0.247. The van der Waals surface area contributed by atoms with Gasteiger partial charge in [-0.1, -0.05) is 189 Å². The number of ether oxygens (including phenoxy) is 2. The fourth-order valence-corrected chi connectivity index (χ4v) is 6.88. The van der Waals surface area contributed by atoms with Gasteiger partial charge in [-0.05, 0) is 129 Å². The Hall–Kier alpha value is -4.71. The number of carbonyl (C=O) groups is 1. The Kier molecular flexibility index (Phi) is 44.3. The van der Waals surface area contributed by atoms with Gasteiger partial charge in [0.1, 0.15) is 24.4 Å². The normalized spacial score (nSPS) is 20.8.